The van der Waals surface area contributed by atoms with Crippen LogP contribution in [0.15, 0.2) is 42.5 Å². The molecule has 4 rings (SSSR count). The van der Waals surface area contributed by atoms with Gasteiger partial charge in [0, 0.05) is 18.0 Å². The minimum atomic E-state index is -0.264. The summed E-state index contributed by atoms with van der Waals surface area (Å²) in [5, 5.41) is 0. The zero-order chi connectivity index (χ0) is 14.4. The topological polar surface area (TPSA) is 35.2 Å². The van der Waals surface area contributed by atoms with Gasteiger partial charge in [0.05, 0.1) is 0 Å². The Kier molecular flexibility index (Phi) is 2.96. The number of benzene rings is 2. The molecule has 0 amide bonds. The van der Waals surface area contributed by atoms with Crippen LogP contribution in [0.25, 0.3) is 0 Å². The molecule has 2 aliphatic rings. The van der Waals surface area contributed by atoms with Crippen LogP contribution >= 0.6 is 0 Å². The molecule has 0 aromatic heterocycles. The Balaban J connectivity index is 1.60. The first-order valence-corrected chi connectivity index (χ1v) is 7.52. The fourth-order valence-corrected chi connectivity index (χ4v) is 3.08. The first kappa shape index (κ1) is 12.8. The van der Waals surface area contributed by atoms with Gasteiger partial charge in [-0.25, -0.2) is 4.39 Å². The van der Waals surface area contributed by atoms with Gasteiger partial charge < -0.3 is 10.5 Å². The van der Waals surface area contributed by atoms with Gasteiger partial charge >= 0.3 is 0 Å². The minimum absolute atomic E-state index is 0.0498. The van der Waals surface area contributed by atoms with Crippen molar-refractivity contribution in [3.05, 3.63) is 65.0 Å². The standard InChI is InChI=1S/C18H18FNO/c19-14-7-8-17-15(9-14)16(20)10-18(21-17)13-5-3-12(4-6-13)11-1-2-11/h3-9,11,16,18H,1-2,10,20H2. The third kappa shape index (κ3) is 2.42. The van der Waals surface area contributed by atoms with E-state index in [1.54, 1.807) is 6.07 Å². The Labute approximate surface area is 123 Å². The highest BCUT2D eigenvalue weighted by molar-refractivity contribution is 5.40. The van der Waals surface area contributed by atoms with Gasteiger partial charge in [-0.2, -0.15) is 0 Å². The Bertz CT molecular complexity index is 663. The summed E-state index contributed by atoms with van der Waals surface area (Å²) in [6.45, 7) is 0. The number of ether oxygens (including phenoxy) is 1. The van der Waals surface area contributed by atoms with Crippen molar-refractivity contribution in [3.63, 3.8) is 0 Å². The van der Waals surface area contributed by atoms with Gasteiger partial charge in [0.15, 0.2) is 0 Å². The van der Waals surface area contributed by atoms with E-state index in [1.165, 1.54) is 30.5 Å². The highest BCUT2D eigenvalue weighted by Crippen LogP contribution is 2.42. The lowest BCUT2D eigenvalue weighted by Crippen LogP contribution is -2.24. The van der Waals surface area contributed by atoms with Gasteiger partial charge in [0.1, 0.15) is 17.7 Å². The van der Waals surface area contributed by atoms with Crippen molar-refractivity contribution in [3.8, 4) is 5.75 Å². The van der Waals surface area contributed by atoms with Crippen molar-refractivity contribution >= 4 is 0 Å². The van der Waals surface area contributed by atoms with Crippen LogP contribution in [0.3, 0.4) is 0 Å². The number of hydrogen-bond acceptors (Lipinski definition) is 2. The quantitative estimate of drug-likeness (QED) is 0.895. The van der Waals surface area contributed by atoms with Gasteiger partial charge in [0.2, 0.25) is 0 Å². The molecule has 2 atom stereocenters. The van der Waals surface area contributed by atoms with E-state index in [4.69, 9.17) is 10.5 Å². The zero-order valence-electron chi connectivity index (χ0n) is 11.8. The average molecular weight is 283 g/mol. The smallest absolute Gasteiger partial charge is 0.126 e. The molecule has 3 heteroatoms. The molecule has 0 saturated heterocycles. The normalized spacial score (nSPS) is 24.3. The second kappa shape index (κ2) is 4.85. The lowest BCUT2D eigenvalue weighted by molar-refractivity contribution is 0.161. The molecule has 1 heterocycles. The predicted molar refractivity (Wildman–Crippen MR) is 79.7 cm³/mol. The molecule has 1 aliphatic carbocycles. The van der Waals surface area contributed by atoms with Crippen molar-refractivity contribution < 1.29 is 9.13 Å². The van der Waals surface area contributed by atoms with Crippen LogP contribution in [0.4, 0.5) is 4.39 Å². The SMILES string of the molecule is NC1CC(c2ccc(C3CC3)cc2)Oc2ccc(F)cc21. The fraction of sp³-hybridized carbons (Fsp3) is 0.333. The van der Waals surface area contributed by atoms with Gasteiger partial charge in [-0.05, 0) is 48.1 Å². The van der Waals surface area contributed by atoms with Crippen LogP contribution in [-0.4, -0.2) is 0 Å². The van der Waals surface area contributed by atoms with Crippen LogP contribution in [0, 0.1) is 5.82 Å². The van der Waals surface area contributed by atoms with Gasteiger partial charge in [0.25, 0.3) is 0 Å². The van der Waals surface area contributed by atoms with Crippen LogP contribution < -0.4 is 10.5 Å². The van der Waals surface area contributed by atoms with E-state index in [1.807, 2.05) is 0 Å². The summed E-state index contributed by atoms with van der Waals surface area (Å²) in [6.07, 6.45) is 3.25. The van der Waals surface area contributed by atoms with Gasteiger partial charge in [-0.15, -0.1) is 0 Å². The predicted octanol–water partition coefficient (Wildman–Crippen LogP) is 4.23. The van der Waals surface area contributed by atoms with Gasteiger partial charge in [-0.3, -0.25) is 0 Å². The average Bonchev–Trinajstić information content (AvgIpc) is 3.33. The zero-order valence-corrected chi connectivity index (χ0v) is 11.8. The molecule has 0 spiro atoms. The van der Waals surface area contributed by atoms with E-state index in [0.717, 1.165) is 17.0 Å². The van der Waals surface area contributed by atoms with Crippen LogP contribution in [0.5, 0.6) is 5.75 Å². The van der Waals surface area contributed by atoms with E-state index >= 15 is 0 Å². The summed E-state index contributed by atoms with van der Waals surface area (Å²) in [5.41, 5.74) is 9.51. The number of nitrogens with two attached hydrogens (primary N) is 1. The van der Waals surface area contributed by atoms with Crippen molar-refractivity contribution in [1.82, 2.24) is 0 Å². The molecule has 0 bridgehead atoms. The van der Waals surface area contributed by atoms with Crippen LogP contribution in [0.1, 0.15) is 54.0 Å². The Morgan fingerprint density at radius 1 is 1.00 bits per heavy atom. The number of hydrogen-bond donors (Lipinski definition) is 1. The maximum Gasteiger partial charge on any atom is 0.126 e. The monoisotopic (exact) mass is 283 g/mol. The Morgan fingerprint density at radius 3 is 2.43 bits per heavy atom. The van der Waals surface area contributed by atoms with E-state index < -0.39 is 0 Å². The number of fused-ring (bicyclic) bond motifs is 1. The fourth-order valence-electron chi connectivity index (χ4n) is 3.08. The molecule has 108 valence electrons. The molecule has 2 aromatic carbocycles. The van der Waals surface area contributed by atoms with E-state index in [-0.39, 0.29) is 18.0 Å². The lowest BCUT2D eigenvalue weighted by Gasteiger charge is -2.30. The summed E-state index contributed by atoms with van der Waals surface area (Å²) in [7, 11) is 0. The largest absolute Gasteiger partial charge is 0.485 e. The molecule has 1 saturated carbocycles. The number of halogens is 1. The Morgan fingerprint density at radius 2 is 1.71 bits per heavy atom. The summed E-state index contributed by atoms with van der Waals surface area (Å²) in [4.78, 5) is 0. The van der Waals surface area contributed by atoms with Crippen LogP contribution in [0.2, 0.25) is 0 Å². The van der Waals surface area contributed by atoms with Crippen molar-refractivity contribution in [2.75, 3.05) is 0 Å². The molecule has 21 heavy (non-hydrogen) atoms. The third-order valence-corrected chi connectivity index (χ3v) is 4.47. The first-order valence-electron chi connectivity index (χ1n) is 7.52. The molecule has 1 fully saturated rings. The number of rotatable bonds is 2. The highest BCUT2D eigenvalue weighted by atomic mass is 19.1. The highest BCUT2D eigenvalue weighted by Gasteiger charge is 2.28. The summed E-state index contributed by atoms with van der Waals surface area (Å²) in [6, 6.07) is 13.1. The molecule has 2 nitrogen and oxygen atoms in total. The second-order valence-corrected chi connectivity index (χ2v) is 6.07. The molecular formula is C18H18FNO. The second-order valence-electron chi connectivity index (χ2n) is 6.07. The molecule has 2 N–H and O–H groups in total. The lowest BCUT2D eigenvalue weighted by atomic mass is 9.93. The molecule has 2 aromatic rings. The summed E-state index contributed by atoms with van der Waals surface area (Å²) >= 11 is 0. The van der Waals surface area contributed by atoms with E-state index in [9.17, 15) is 4.39 Å². The Hall–Kier alpha value is -1.87. The van der Waals surface area contributed by atoms with E-state index in [2.05, 4.69) is 24.3 Å². The maximum absolute atomic E-state index is 13.3. The van der Waals surface area contributed by atoms with E-state index in [0.29, 0.717) is 12.2 Å². The molecular weight excluding hydrogens is 265 g/mol. The summed E-state index contributed by atoms with van der Waals surface area (Å²) < 4.78 is 19.3. The maximum atomic E-state index is 13.3. The molecule has 1 aliphatic heterocycles. The van der Waals surface area contributed by atoms with Crippen molar-refractivity contribution in [2.24, 2.45) is 5.73 Å². The molecule has 2 unspecified atom stereocenters. The van der Waals surface area contributed by atoms with Crippen LogP contribution in [-0.2, 0) is 0 Å². The minimum Gasteiger partial charge on any atom is -0.485 e. The third-order valence-electron chi connectivity index (χ3n) is 4.47. The first-order chi connectivity index (χ1) is 10.2. The molecule has 0 radical (unpaired) electrons. The van der Waals surface area contributed by atoms with Crippen molar-refractivity contribution in [2.45, 2.75) is 37.3 Å². The summed E-state index contributed by atoms with van der Waals surface area (Å²) in [5.74, 6) is 1.20. The van der Waals surface area contributed by atoms with Crippen molar-refractivity contribution in [1.29, 1.82) is 0 Å². The van der Waals surface area contributed by atoms with Gasteiger partial charge in [-0.1, -0.05) is 24.3 Å².